The number of benzene rings is 2. The zero-order valence-corrected chi connectivity index (χ0v) is 17.3. The fraction of sp³-hybridized carbons (Fsp3) is 0.182. The minimum Gasteiger partial charge on any atom is -0.319 e. The van der Waals surface area contributed by atoms with Gasteiger partial charge >= 0.3 is 0 Å². The average molecular weight is 425 g/mol. The van der Waals surface area contributed by atoms with Crippen molar-refractivity contribution in [2.24, 2.45) is 4.99 Å². The first-order valence-electron chi connectivity index (χ1n) is 9.36. The van der Waals surface area contributed by atoms with Crippen LogP contribution in [0.2, 0.25) is 0 Å². The van der Waals surface area contributed by atoms with E-state index in [9.17, 15) is 12.8 Å². The number of rotatable bonds is 5. The summed E-state index contributed by atoms with van der Waals surface area (Å²) < 4.78 is 41.4. The van der Waals surface area contributed by atoms with E-state index in [4.69, 9.17) is 4.99 Å². The molecule has 0 saturated heterocycles. The molecule has 0 saturated carbocycles. The van der Waals surface area contributed by atoms with E-state index >= 15 is 0 Å². The zero-order chi connectivity index (χ0) is 21.4. The molecule has 2 aromatic carbocycles. The van der Waals surface area contributed by atoms with E-state index in [0.29, 0.717) is 11.4 Å². The van der Waals surface area contributed by atoms with Crippen LogP contribution < -0.4 is 9.62 Å². The molecular formula is C22H21FN4O2S. The predicted octanol–water partition coefficient (Wildman–Crippen LogP) is 3.60. The number of hydrogen-bond acceptors (Lipinski definition) is 5. The van der Waals surface area contributed by atoms with Crippen LogP contribution in [-0.2, 0) is 15.7 Å². The lowest BCUT2D eigenvalue weighted by Gasteiger charge is -2.38. The number of aliphatic imine (C=N–C) groups is 1. The van der Waals surface area contributed by atoms with E-state index in [1.807, 2.05) is 54.3 Å². The van der Waals surface area contributed by atoms with Crippen molar-refractivity contribution in [1.29, 1.82) is 0 Å². The summed E-state index contributed by atoms with van der Waals surface area (Å²) in [4.78, 5) is 10.9. The van der Waals surface area contributed by atoms with Crippen LogP contribution in [0.25, 0.3) is 0 Å². The Labute approximate surface area is 175 Å². The number of anilines is 1. The molecule has 1 aliphatic rings. The van der Waals surface area contributed by atoms with Crippen molar-refractivity contribution in [3.63, 3.8) is 0 Å². The molecule has 3 aromatic rings. The van der Waals surface area contributed by atoms with Crippen LogP contribution in [0.4, 0.5) is 10.1 Å². The Bertz CT molecular complexity index is 1170. The first kappa shape index (κ1) is 20.2. The maximum atomic E-state index is 13.7. The monoisotopic (exact) mass is 424 g/mol. The average Bonchev–Trinajstić information content (AvgIpc) is 3.01. The van der Waals surface area contributed by atoms with E-state index in [2.05, 4.69) is 9.71 Å². The van der Waals surface area contributed by atoms with E-state index < -0.39 is 27.5 Å². The number of para-hydroxylation sites is 1. The number of sulfonamides is 1. The van der Waals surface area contributed by atoms with Gasteiger partial charge < -0.3 is 4.90 Å². The molecule has 1 N–H and O–H groups in total. The maximum Gasteiger partial charge on any atom is 0.211 e. The Morgan fingerprint density at radius 2 is 1.63 bits per heavy atom. The molecule has 8 heteroatoms. The van der Waals surface area contributed by atoms with Gasteiger partial charge in [-0.25, -0.2) is 17.8 Å². The maximum absolute atomic E-state index is 13.7. The van der Waals surface area contributed by atoms with Crippen LogP contribution >= 0.6 is 0 Å². The van der Waals surface area contributed by atoms with Crippen LogP contribution in [0.1, 0.15) is 24.1 Å². The molecule has 0 aliphatic carbocycles. The second-order valence-electron chi connectivity index (χ2n) is 7.20. The molecule has 0 amide bonds. The highest BCUT2D eigenvalue weighted by atomic mass is 32.2. The summed E-state index contributed by atoms with van der Waals surface area (Å²) >= 11 is 0. The van der Waals surface area contributed by atoms with Crippen molar-refractivity contribution in [1.82, 2.24) is 9.71 Å². The molecule has 4 rings (SSSR count). The summed E-state index contributed by atoms with van der Waals surface area (Å²) in [6.07, 6.45) is 4.40. The Morgan fingerprint density at radius 1 is 1.00 bits per heavy atom. The fourth-order valence-corrected chi connectivity index (χ4v) is 4.79. The summed E-state index contributed by atoms with van der Waals surface area (Å²) in [6, 6.07) is 18.5. The summed E-state index contributed by atoms with van der Waals surface area (Å²) in [5.41, 5.74) is 0.825. The molecule has 1 aliphatic heterocycles. The Hall–Kier alpha value is -3.10. The lowest BCUT2D eigenvalue weighted by molar-refractivity contribution is 0.360. The molecule has 2 heterocycles. The predicted molar refractivity (Wildman–Crippen MR) is 115 cm³/mol. The van der Waals surface area contributed by atoms with Gasteiger partial charge in [0.15, 0.2) is 5.66 Å². The number of aromatic nitrogens is 1. The van der Waals surface area contributed by atoms with Crippen molar-refractivity contribution in [3.05, 3.63) is 96.1 Å². The molecule has 0 fully saturated rings. The van der Waals surface area contributed by atoms with Gasteiger partial charge in [0, 0.05) is 18.1 Å². The van der Waals surface area contributed by atoms with Gasteiger partial charge in [-0.2, -0.15) is 4.72 Å². The first-order valence-corrected chi connectivity index (χ1v) is 11.2. The van der Waals surface area contributed by atoms with Gasteiger partial charge in [0.2, 0.25) is 10.0 Å². The van der Waals surface area contributed by atoms with Crippen molar-refractivity contribution >= 4 is 21.5 Å². The minimum absolute atomic E-state index is 0.410. The third-order valence-corrected chi connectivity index (χ3v) is 5.70. The Balaban J connectivity index is 2.00. The normalized spacial score (nSPS) is 21.5. The van der Waals surface area contributed by atoms with Crippen LogP contribution in [-0.4, -0.2) is 25.5 Å². The van der Waals surface area contributed by atoms with Crippen molar-refractivity contribution in [2.45, 2.75) is 18.6 Å². The highest BCUT2D eigenvalue weighted by Gasteiger charge is 2.52. The van der Waals surface area contributed by atoms with Crippen LogP contribution in [0.3, 0.4) is 0 Å². The van der Waals surface area contributed by atoms with Gasteiger partial charge in [0.1, 0.15) is 17.7 Å². The second kappa shape index (κ2) is 7.62. The molecule has 2 atom stereocenters. The number of hydrogen-bond donors (Lipinski definition) is 1. The lowest BCUT2D eigenvalue weighted by Crippen LogP contribution is -2.50. The third-order valence-electron chi connectivity index (χ3n) is 5.02. The number of amidine groups is 1. The summed E-state index contributed by atoms with van der Waals surface area (Å²) in [7, 11) is -3.69. The molecule has 30 heavy (non-hydrogen) atoms. The van der Waals surface area contributed by atoms with Gasteiger partial charge in [-0.05, 0) is 54.4 Å². The molecule has 0 spiro atoms. The minimum atomic E-state index is -3.69. The molecule has 0 bridgehead atoms. The van der Waals surface area contributed by atoms with Crippen molar-refractivity contribution < 1.29 is 12.8 Å². The fourth-order valence-electron chi connectivity index (χ4n) is 3.95. The SMILES string of the molecule is CC1=NC(NS(C)(=O)=O)(c2ccc(F)cc2)C(c2ccncc2)N1c1ccccc1. The lowest BCUT2D eigenvalue weighted by atomic mass is 9.88. The summed E-state index contributed by atoms with van der Waals surface area (Å²) in [5.74, 6) is 0.218. The third kappa shape index (κ3) is 3.71. The quantitative estimate of drug-likeness (QED) is 0.679. The van der Waals surface area contributed by atoms with E-state index in [1.165, 1.54) is 12.1 Å². The second-order valence-corrected chi connectivity index (χ2v) is 8.94. The number of halogens is 1. The van der Waals surface area contributed by atoms with Crippen molar-refractivity contribution in [3.8, 4) is 0 Å². The van der Waals surface area contributed by atoms with Crippen LogP contribution in [0, 0.1) is 5.82 Å². The van der Waals surface area contributed by atoms with Crippen molar-refractivity contribution in [2.75, 3.05) is 11.2 Å². The smallest absolute Gasteiger partial charge is 0.211 e. The molecule has 1 aromatic heterocycles. The largest absolute Gasteiger partial charge is 0.319 e. The zero-order valence-electron chi connectivity index (χ0n) is 16.5. The molecule has 154 valence electrons. The van der Waals surface area contributed by atoms with Gasteiger partial charge in [-0.3, -0.25) is 4.98 Å². The highest BCUT2D eigenvalue weighted by Crippen LogP contribution is 2.47. The number of nitrogens with zero attached hydrogens (tertiary/aromatic N) is 3. The molecule has 0 radical (unpaired) electrons. The van der Waals surface area contributed by atoms with E-state index in [0.717, 1.165) is 17.5 Å². The number of nitrogens with one attached hydrogen (secondary N) is 1. The van der Waals surface area contributed by atoms with Gasteiger partial charge in [0.05, 0.1) is 6.26 Å². The Kier molecular flexibility index (Phi) is 5.13. The van der Waals surface area contributed by atoms with Crippen LogP contribution in [0.5, 0.6) is 0 Å². The molecule has 6 nitrogen and oxygen atoms in total. The molecule has 2 unspecified atom stereocenters. The first-order chi connectivity index (χ1) is 14.3. The van der Waals surface area contributed by atoms with Gasteiger partial charge in [-0.1, -0.05) is 30.3 Å². The summed E-state index contributed by atoms with van der Waals surface area (Å²) in [5, 5.41) is 0. The van der Waals surface area contributed by atoms with Gasteiger partial charge in [-0.15, -0.1) is 0 Å². The Morgan fingerprint density at radius 3 is 2.23 bits per heavy atom. The molecular weight excluding hydrogens is 403 g/mol. The van der Waals surface area contributed by atoms with E-state index in [-0.39, 0.29) is 0 Å². The van der Waals surface area contributed by atoms with Crippen LogP contribution in [0.15, 0.2) is 84.1 Å². The van der Waals surface area contributed by atoms with E-state index in [1.54, 1.807) is 24.5 Å². The summed E-state index contributed by atoms with van der Waals surface area (Å²) in [6.45, 7) is 1.83. The number of pyridine rings is 1. The highest BCUT2D eigenvalue weighted by molar-refractivity contribution is 7.88. The van der Waals surface area contributed by atoms with Gasteiger partial charge in [0.25, 0.3) is 0 Å². The topological polar surface area (TPSA) is 74.7 Å². The standard InChI is InChI=1S/C22H21FN4O2S/c1-16-25-22(26-30(2,28)29,18-8-10-19(23)11-9-18)21(17-12-14-24-15-13-17)27(16)20-6-4-3-5-7-20/h3-15,21,26H,1-2H3.